The van der Waals surface area contributed by atoms with Crippen LogP contribution in [0.2, 0.25) is 0 Å². The normalized spacial score (nSPS) is 20.3. The minimum absolute atomic E-state index is 0. The lowest BCUT2D eigenvalue weighted by Gasteiger charge is -2.05. The standard InChI is InChI=1S/C6H13N.C4H11N.C3H9N.2CH4/c1-5-3-2-4-6(5)7;1-2-3-4-5;1-2-3-4;;/h5-6H,2-4,7H2,1H3;2-5H2,1H3;2-4H2,1H3;2*1H4. The Balaban J connectivity index is -0.0000000811. The van der Waals surface area contributed by atoms with Gasteiger partial charge in [0, 0.05) is 6.04 Å². The van der Waals surface area contributed by atoms with Gasteiger partial charge in [0.2, 0.25) is 0 Å². The summed E-state index contributed by atoms with van der Waals surface area (Å²) in [5, 5.41) is 0. The van der Waals surface area contributed by atoms with Gasteiger partial charge < -0.3 is 17.2 Å². The van der Waals surface area contributed by atoms with Crippen LogP contribution in [0.3, 0.4) is 0 Å². The molecule has 0 spiro atoms. The Kier molecular flexibility index (Phi) is 32.5. The van der Waals surface area contributed by atoms with E-state index in [9.17, 15) is 0 Å². The van der Waals surface area contributed by atoms with Gasteiger partial charge in [-0.1, -0.05) is 48.5 Å². The molecule has 0 radical (unpaired) electrons. The molecule has 1 saturated carbocycles. The van der Waals surface area contributed by atoms with Gasteiger partial charge in [0.25, 0.3) is 0 Å². The molecule has 116 valence electrons. The van der Waals surface area contributed by atoms with Crippen LogP contribution in [0.4, 0.5) is 0 Å². The van der Waals surface area contributed by atoms with Gasteiger partial charge in [-0.3, -0.25) is 0 Å². The van der Waals surface area contributed by atoms with Crippen molar-refractivity contribution in [2.75, 3.05) is 13.1 Å². The fourth-order valence-corrected chi connectivity index (χ4v) is 1.38. The molecule has 6 N–H and O–H groups in total. The second-order valence-corrected chi connectivity index (χ2v) is 4.50. The minimum Gasteiger partial charge on any atom is -0.330 e. The van der Waals surface area contributed by atoms with Crippen LogP contribution in [0.1, 0.15) is 74.1 Å². The van der Waals surface area contributed by atoms with Crippen LogP contribution in [0.15, 0.2) is 0 Å². The zero-order chi connectivity index (χ0) is 12.8. The lowest BCUT2D eigenvalue weighted by atomic mass is 10.1. The second kappa shape index (κ2) is 22.1. The molecule has 2 unspecified atom stereocenters. The third-order valence-corrected chi connectivity index (χ3v) is 2.77. The predicted octanol–water partition coefficient (Wildman–Crippen LogP) is 3.51. The number of hydrogen-bond acceptors (Lipinski definition) is 3. The van der Waals surface area contributed by atoms with Crippen LogP contribution < -0.4 is 17.2 Å². The van der Waals surface area contributed by atoms with Crippen LogP contribution in [0, 0.1) is 5.92 Å². The van der Waals surface area contributed by atoms with Crippen molar-refractivity contribution >= 4 is 0 Å². The topological polar surface area (TPSA) is 78.1 Å². The van der Waals surface area contributed by atoms with Crippen molar-refractivity contribution < 1.29 is 0 Å². The molecule has 0 amide bonds. The molecular weight excluding hydrogens is 222 g/mol. The maximum absolute atomic E-state index is 5.68. The molecule has 0 heterocycles. The van der Waals surface area contributed by atoms with Gasteiger partial charge >= 0.3 is 0 Å². The van der Waals surface area contributed by atoms with Crippen LogP contribution in [-0.2, 0) is 0 Å². The highest BCUT2D eigenvalue weighted by atomic mass is 14.7. The average molecular weight is 264 g/mol. The van der Waals surface area contributed by atoms with E-state index in [1.807, 2.05) is 0 Å². The molecule has 0 bridgehead atoms. The molecular formula is C15H41N3. The predicted molar refractivity (Wildman–Crippen MR) is 87.8 cm³/mol. The van der Waals surface area contributed by atoms with E-state index in [1.165, 1.54) is 32.1 Å². The first-order valence-corrected chi connectivity index (χ1v) is 6.79. The maximum atomic E-state index is 5.68. The number of hydrogen-bond donors (Lipinski definition) is 3. The summed E-state index contributed by atoms with van der Waals surface area (Å²) in [6, 6.07) is 0.514. The smallest absolute Gasteiger partial charge is 0.00645 e. The van der Waals surface area contributed by atoms with E-state index < -0.39 is 0 Å². The molecule has 1 rings (SSSR count). The fraction of sp³-hybridized carbons (Fsp3) is 1.00. The number of unbranched alkanes of at least 4 members (excludes halogenated alkanes) is 1. The van der Waals surface area contributed by atoms with Gasteiger partial charge in [0.05, 0.1) is 0 Å². The molecule has 3 nitrogen and oxygen atoms in total. The van der Waals surface area contributed by atoms with Crippen LogP contribution >= 0.6 is 0 Å². The van der Waals surface area contributed by atoms with Crippen molar-refractivity contribution in [3.63, 3.8) is 0 Å². The summed E-state index contributed by atoms with van der Waals surface area (Å²) in [7, 11) is 0. The number of rotatable bonds is 3. The molecule has 0 aromatic carbocycles. The van der Waals surface area contributed by atoms with Gasteiger partial charge in [-0.15, -0.1) is 0 Å². The second-order valence-electron chi connectivity index (χ2n) is 4.50. The quantitative estimate of drug-likeness (QED) is 0.729. The third kappa shape index (κ3) is 21.2. The van der Waals surface area contributed by atoms with Gasteiger partial charge in [0.1, 0.15) is 0 Å². The Morgan fingerprint density at radius 3 is 1.50 bits per heavy atom. The first-order valence-electron chi connectivity index (χ1n) is 6.79. The molecule has 1 fully saturated rings. The van der Waals surface area contributed by atoms with Crippen molar-refractivity contribution in [1.82, 2.24) is 0 Å². The van der Waals surface area contributed by atoms with E-state index in [-0.39, 0.29) is 14.9 Å². The van der Waals surface area contributed by atoms with E-state index >= 15 is 0 Å². The molecule has 0 aliphatic heterocycles. The Morgan fingerprint density at radius 2 is 1.44 bits per heavy atom. The molecule has 2 atom stereocenters. The van der Waals surface area contributed by atoms with E-state index in [0.29, 0.717) is 6.04 Å². The maximum Gasteiger partial charge on any atom is 0.00645 e. The molecule has 1 aliphatic carbocycles. The lowest BCUT2D eigenvalue weighted by Crippen LogP contribution is -2.21. The monoisotopic (exact) mass is 263 g/mol. The third-order valence-electron chi connectivity index (χ3n) is 2.77. The minimum atomic E-state index is 0. The highest BCUT2D eigenvalue weighted by molar-refractivity contribution is 4.75. The molecule has 1 aliphatic rings. The first-order chi connectivity index (χ1) is 7.63. The Labute approximate surface area is 117 Å². The van der Waals surface area contributed by atoms with E-state index in [0.717, 1.165) is 25.4 Å². The summed E-state index contributed by atoms with van der Waals surface area (Å²) in [5.41, 5.74) is 15.8. The molecule has 0 aromatic heterocycles. The lowest BCUT2D eigenvalue weighted by molar-refractivity contribution is 0.527. The highest BCUT2D eigenvalue weighted by Gasteiger charge is 2.18. The zero-order valence-corrected chi connectivity index (χ0v) is 11.5. The van der Waals surface area contributed by atoms with Crippen molar-refractivity contribution in [2.45, 2.75) is 80.2 Å². The Bertz CT molecular complexity index is 106. The van der Waals surface area contributed by atoms with E-state index in [1.54, 1.807) is 0 Å². The zero-order valence-electron chi connectivity index (χ0n) is 11.5. The van der Waals surface area contributed by atoms with E-state index in [4.69, 9.17) is 17.2 Å². The van der Waals surface area contributed by atoms with Crippen LogP contribution in [0.25, 0.3) is 0 Å². The van der Waals surface area contributed by atoms with Crippen molar-refractivity contribution in [3.8, 4) is 0 Å². The highest BCUT2D eigenvalue weighted by Crippen LogP contribution is 2.22. The summed E-state index contributed by atoms with van der Waals surface area (Å²) >= 11 is 0. The average Bonchev–Trinajstić information content (AvgIpc) is 2.66. The van der Waals surface area contributed by atoms with E-state index in [2.05, 4.69) is 20.8 Å². The van der Waals surface area contributed by atoms with Gasteiger partial charge in [-0.25, -0.2) is 0 Å². The molecule has 3 heteroatoms. The molecule has 0 saturated heterocycles. The van der Waals surface area contributed by atoms with Crippen molar-refractivity contribution in [2.24, 2.45) is 23.1 Å². The summed E-state index contributed by atoms with van der Waals surface area (Å²) in [5.74, 6) is 0.792. The first kappa shape index (κ1) is 26.4. The van der Waals surface area contributed by atoms with Crippen LogP contribution in [-0.4, -0.2) is 19.1 Å². The largest absolute Gasteiger partial charge is 0.330 e. The Hall–Kier alpha value is -0.120. The van der Waals surface area contributed by atoms with Crippen LogP contribution in [0.5, 0.6) is 0 Å². The van der Waals surface area contributed by atoms with Gasteiger partial charge in [-0.2, -0.15) is 0 Å². The Morgan fingerprint density at radius 1 is 0.944 bits per heavy atom. The summed E-state index contributed by atoms with van der Waals surface area (Å²) in [4.78, 5) is 0. The van der Waals surface area contributed by atoms with Gasteiger partial charge in [0.15, 0.2) is 0 Å². The van der Waals surface area contributed by atoms with Crippen molar-refractivity contribution in [3.05, 3.63) is 0 Å². The fourth-order valence-electron chi connectivity index (χ4n) is 1.38. The summed E-state index contributed by atoms with van der Waals surface area (Å²) in [6.45, 7) is 8.08. The SMILES string of the molecule is C.C.CC1CCCC1N.CCCCN.CCCN. The molecule has 18 heavy (non-hydrogen) atoms. The summed E-state index contributed by atoms with van der Waals surface area (Å²) < 4.78 is 0. The number of nitrogens with two attached hydrogens (primary N) is 3. The van der Waals surface area contributed by atoms with Crippen molar-refractivity contribution in [1.29, 1.82) is 0 Å². The molecule has 0 aromatic rings. The van der Waals surface area contributed by atoms with Gasteiger partial charge in [-0.05, 0) is 44.7 Å². The summed E-state index contributed by atoms with van der Waals surface area (Å²) in [6.07, 6.45) is 7.43.